The van der Waals surface area contributed by atoms with Crippen LogP contribution in [0.5, 0.6) is 0 Å². The van der Waals surface area contributed by atoms with Crippen LogP contribution in [0.25, 0.3) is 0 Å². The average Bonchev–Trinajstić information content (AvgIpc) is 2.03. The summed E-state index contributed by atoms with van der Waals surface area (Å²) in [7, 11) is 0. The normalized spacial score (nSPS) is 10.7. The first-order valence-corrected chi connectivity index (χ1v) is 5.75. The summed E-state index contributed by atoms with van der Waals surface area (Å²) >= 11 is 5.38. The topological polar surface area (TPSA) is 12.9 Å². The van der Waals surface area contributed by atoms with Gasteiger partial charge in [-0.3, -0.25) is 4.98 Å². The Morgan fingerprint density at radius 3 is 2.92 bits per heavy atom. The first-order chi connectivity index (χ1) is 5.70. The SMILES string of the molecule is CC(C)SCc1ncccc1Br. The van der Waals surface area contributed by atoms with E-state index < -0.39 is 0 Å². The Balaban J connectivity index is 2.57. The standard InChI is InChI=1S/C9H12BrNS/c1-7(2)12-6-9-8(10)4-3-5-11-9/h3-5,7H,6H2,1-2H3. The number of nitrogens with zero attached hydrogens (tertiary/aromatic N) is 1. The zero-order valence-corrected chi connectivity index (χ0v) is 9.65. The Morgan fingerprint density at radius 2 is 2.33 bits per heavy atom. The quantitative estimate of drug-likeness (QED) is 0.809. The third-order valence-corrected chi connectivity index (χ3v) is 3.22. The van der Waals surface area contributed by atoms with Crippen LogP contribution in [0.3, 0.4) is 0 Å². The summed E-state index contributed by atoms with van der Waals surface area (Å²) < 4.78 is 1.11. The number of halogens is 1. The Hall–Kier alpha value is -0.0200. The van der Waals surface area contributed by atoms with Gasteiger partial charge in [0, 0.05) is 16.4 Å². The first-order valence-electron chi connectivity index (χ1n) is 3.91. The minimum absolute atomic E-state index is 0.666. The van der Waals surface area contributed by atoms with Crippen molar-refractivity contribution in [3.63, 3.8) is 0 Å². The van der Waals surface area contributed by atoms with Crippen molar-refractivity contribution >= 4 is 27.7 Å². The summed E-state index contributed by atoms with van der Waals surface area (Å²) in [6.07, 6.45) is 1.83. The average molecular weight is 246 g/mol. The zero-order chi connectivity index (χ0) is 8.97. The van der Waals surface area contributed by atoms with E-state index in [2.05, 4.69) is 34.8 Å². The maximum atomic E-state index is 4.28. The van der Waals surface area contributed by atoms with E-state index >= 15 is 0 Å². The van der Waals surface area contributed by atoms with E-state index in [1.807, 2.05) is 30.1 Å². The molecule has 0 aromatic carbocycles. The van der Waals surface area contributed by atoms with Gasteiger partial charge in [-0.1, -0.05) is 13.8 Å². The molecule has 0 aliphatic carbocycles. The van der Waals surface area contributed by atoms with Crippen molar-refractivity contribution in [2.24, 2.45) is 0 Å². The van der Waals surface area contributed by atoms with E-state index in [4.69, 9.17) is 0 Å². The Labute approximate surface area is 86.1 Å². The van der Waals surface area contributed by atoms with Gasteiger partial charge in [-0.25, -0.2) is 0 Å². The van der Waals surface area contributed by atoms with Crippen LogP contribution in [-0.4, -0.2) is 10.2 Å². The second-order valence-corrected chi connectivity index (χ2v) is 5.21. The van der Waals surface area contributed by atoms with E-state index in [1.165, 1.54) is 0 Å². The van der Waals surface area contributed by atoms with E-state index in [1.54, 1.807) is 0 Å². The maximum absolute atomic E-state index is 4.28. The largest absolute Gasteiger partial charge is 0.259 e. The molecule has 1 heterocycles. The molecule has 1 rings (SSSR count). The highest BCUT2D eigenvalue weighted by Gasteiger charge is 2.01. The van der Waals surface area contributed by atoms with Crippen molar-refractivity contribution in [3.05, 3.63) is 28.5 Å². The second kappa shape index (κ2) is 4.87. The molecule has 1 aromatic heterocycles. The fraction of sp³-hybridized carbons (Fsp3) is 0.444. The molecule has 1 aromatic rings. The van der Waals surface area contributed by atoms with E-state index in [9.17, 15) is 0 Å². The minimum atomic E-state index is 0.666. The van der Waals surface area contributed by atoms with Crippen LogP contribution in [0.15, 0.2) is 22.8 Å². The van der Waals surface area contributed by atoms with Crippen LogP contribution in [0, 0.1) is 0 Å². The van der Waals surface area contributed by atoms with Crippen molar-refractivity contribution in [2.45, 2.75) is 24.9 Å². The lowest BCUT2D eigenvalue weighted by molar-refractivity contribution is 1.09. The molecular formula is C9H12BrNS. The number of aromatic nitrogens is 1. The molecule has 0 spiro atoms. The molecule has 0 aliphatic rings. The summed E-state index contributed by atoms with van der Waals surface area (Å²) in [6.45, 7) is 4.39. The van der Waals surface area contributed by atoms with Crippen molar-refractivity contribution in [3.8, 4) is 0 Å². The van der Waals surface area contributed by atoms with Crippen LogP contribution in [0.1, 0.15) is 19.5 Å². The van der Waals surface area contributed by atoms with Gasteiger partial charge in [0.1, 0.15) is 0 Å². The summed E-state index contributed by atoms with van der Waals surface area (Å²) in [5.74, 6) is 0.985. The molecule has 0 fully saturated rings. The molecule has 0 aliphatic heterocycles. The van der Waals surface area contributed by atoms with Crippen molar-refractivity contribution in [2.75, 3.05) is 0 Å². The van der Waals surface area contributed by atoms with Crippen LogP contribution in [0.4, 0.5) is 0 Å². The summed E-state index contributed by atoms with van der Waals surface area (Å²) in [4.78, 5) is 4.28. The molecule has 12 heavy (non-hydrogen) atoms. The lowest BCUT2D eigenvalue weighted by Crippen LogP contribution is -1.92. The summed E-state index contributed by atoms with van der Waals surface area (Å²) in [5.41, 5.74) is 1.14. The van der Waals surface area contributed by atoms with Crippen LogP contribution in [0.2, 0.25) is 0 Å². The number of hydrogen-bond acceptors (Lipinski definition) is 2. The van der Waals surface area contributed by atoms with Gasteiger partial charge in [0.15, 0.2) is 0 Å². The molecule has 0 bridgehead atoms. The Bertz CT molecular complexity index is 250. The van der Waals surface area contributed by atoms with Gasteiger partial charge >= 0.3 is 0 Å². The van der Waals surface area contributed by atoms with Crippen LogP contribution >= 0.6 is 27.7 Å². The van der Waals surface area contributed by atoms with Crippen molar-refractivity contribution < 1.29 is 0 Å². The predicted molar refractivity (Wildman–Crippen MR) is 58.4 cm³/mol. The molecular weight excluding hydrogens is 234 g/mol. The number of hydrogen-bond donors (Lipinski definition) is 0. The Kier molecular flexibility index (Phi) is 4.09. The summed E-state index contributed by atoms with van der Waals surface area (Å²) in [6, 6.07) is 3.97. The molecule has 0 saturated carbocycles. The highest BCUT2D eigenvalue weighted by molar-refractivity contribution is 9.10. The van der Waals surface area contributed by atoms with Gasteiger partial charge in [0.2, 0.25) is 0 Å². The molecule has 66 valence electrons. The van der Waals surface area contributed by atoms with Gasteiger partial charge in [0.25, 0.3) is 0 Å². The molecule has 1 nitrogen and oxygen atoms in total. The third kappa shape index (κ3) is 3.15. The number of thioether (sulfide) groups is 1. The number of pyridine rings is 1. The molecule has 0 N–H and O–H groups in total. The molecule has 3 heteroatoms. The van der Waals surface area contributed by atoms with Crippen LogP contribution < -0.4 is 0 Å². The lowest BCUT2D eigenvalue weighted by Gasteiger charge is -2.04. The Morgan fingerprint density at radius 1 is 1.58 bits per heavy atom. The zero-order valence-electron chi connectivity index (χ0n) is 7.25. The predicted octanol–water partition coefficient (Wildman–Crippen LogP) is 3.49. The smallest absolute Gasteiger partial charge is 0.0644 e. The first kappa shape index (κ1) is 10.1. The lowest BCUT2D eigenvalue weighted by atomic mass is 10.4. The van der Waals surface area contributed by atoms with Crippen molar-refractivity contribution in [1.29, 1.82) is 0 Å². The minimum Gasteiger partial charge on any atom is -0.259 e. The van der Waals surface area contributed by atoms with Gasteiger partial charge in [-0.05, 0) is 33.3 Å². The van der Waals surface area contributed by atoms with Crippen molar-refractivity contribution in [1.82, 2.24) is 4.98 Å². The molecule has 0 saturated heterocycles. The van der Waals surface area contributed by atoms with E-state index in [0.29, 0.717) is 5.25 Å². The fourth-order valence-corrected chi connectivity index (χ4v) is 2.07. The van der Waals surface area contributed by atoms with Gasteiger partial charge in [0.05, 0.1) is 5.69 Å². The maximum Gasteiger partial charge on any atom is 0.0644 e. The van der Waals surface area contributed by atoms with E-state index in [0.717, 1.165) is 15.9 Å². The third-order valence-electron chi connectivity index (χ3n) is 1.39. The fourth-order valence-electron chi connectivity index (χ4n) is 0.770. The highest BCUT2D eigenvalue weighted by Crippen LogP contribution is 2.21. The van der Waals surface area contributed by atoms with Crippen LogP contribution in [-0.2, 0) is 5.75 Å². The monoisotopic (exact) mass is 245 g/mol. The molecule has 0 radical (unpaired) electrons. The molecule has 0 unspecified atom stereocenters. The highest BCUT2D eigenvalue weighted by atomic mass is 79.9. The number of rotatable bonds is 3. The van der Waals surface area contributed by atoms with E-state index in [-0.39, 0.29) is 0 Å². The molecule has 0 atom stereocenters. The van der Waals surface area contributed by atoms with Gasteiger partial charge in [-0.15, -0.1) is 0 Å². The van der Waals surface area contributed by atoms with Gasteiger partial charge in [-0.2, -0.15) is 11.8 Å². The second-order valence-electron chi connectivity index (χ2n) is 2.79. The van der Waals surface area contributed by atoms with Gasteiger partial charge < -0.3 is 0 Å². The summed E-state index contributed by atoms with van der Waals surface area (Å²) in [5, 5.41) is 0.666. The molecule has 0 amide bonds.